The zero-order valence-corrected chi connectivity index (χ0v) is 16.4. The lowest BCUT2D eigenvalue weighted by molar-refractivity contribution is -0.115. The second-order valence-corrected chi connectivity index (χ2v) is 9.15. The minimum atomic E-state index is -3.70. The molecule has 1 amide bonds. The molecule has 0 spiro atoms. The van der Waals surface area contributed by atoms with Crippen molar-refractivity contribution in [2.45, 2.75) is 11.3 Å². The number of amides is 1. The molecule has 0 saturated carbocycles. The zero-order chi connectivity index (χ0) is 18.9. The minimum Gasteiger partial charge on any atom is -0.326 e. The Kier molecular flexibility index (Phi) is 4.89. The maximum absolute atomic E-state index is 12.3. The Bertz CT molecular complexity index is 1010. The molecule has 140 valence electrons. The summed E-state index contributed by atoms with van der Waals surface area (Å²) >= 11 is 2.73. The second-order valence-electron chi connectivity index (χ2n) is 5.74. The molecule has 8 nitrogen and oxygen atoms in total. The van der Waals surface area contributed by atoms with Crippen molar-refractivity contribution in [2.24, 2.45) is 4.99 Å². The molecule has 11 heteroatoms. The lowest BCUT2D eigenvalue weighted by Crippen LogP contribution is -2.24. The van der Waals surface area contributed by atoms with E-state index >= 15 is 0 Å². The van der Waals surface area contributed by atoms with Crippen LogP contribution in [0.25, 0.3) is 0 Å². The summed E-state index contributed by atoms with van der Waals surface area (Å²) in [6.07, 6.45) is 1.77. The average molecular weight is 422 g/mol. The van der Waals surface area contributed by atoms with Gasteiger partial charge in [0.15, 0.2) is 10.3 Å². The van der Waals surface area contributed by atoms with Gasteiger partial charge in [0.25, 0.3) is 10.0 Å². The Morgan fingerprint density at radius 1 is 1.26 bits per heavy atom. The van der Waals surface area contributed by atoms with E-state index in [2.05, 4.69) is 20.0 Å². The zero-order valence-electron chi connectivity index (χ0n) is 14.0. The van der Waals surface area contributed by atoms with E-state index in [0.29, 0.717) is 10.8 Å². The van der Waals surface area contributed by atoms with Gasteiger partial charge in [-0.2, -0.15) is 0 Å². The molecule has 0 saturated heterocycles. The highest BCUT2D eigenvalue weighted by Crippen LogP contribution is 2.31. The summed E-state index contributed by atoms with van der Waals surface area (Å²) in [6.45, 7) is 1.56. The number of anilines is 2. The Morgan fingerprint density at radius 3 is 2.81 bits per heavy atom. The molecule has 1 aromatic carbocycles. The van der Waals surface area contributed by atoms with Crippen molar-refractivity contribution in [1.82, 2.24) is 9.88 Å². The summed E-state index contributed by atoms with van der Waals surface area (Å²) in [7, 11) is -3.70. The van der Waals surface area contributed by atoms with Crippen LogP contribution < -0.4 is 10.0 Å². The average Bonchev–Trinajstić information content (AvgIpc) is 3.35. The van der Waals surface area contributed by atoms with Crippen molar-refractivity contribution < 1.29 is 13.2 Å². The van der Waals surface area contributed by atoms with E-state index < -0.39 is 10.0 Å². The molecule has 27 heavy (non-hydrogen) atoms. The Morgan fingerprint density at radius 2 is 2.07 bits per heavy atom. The monoisotopic (exact) mass is 421 g/mol. The van der Waals surface area contributed by atoms with Crippen LogP contribution >= 0.6 is 23.1 Å². The van der Waals surface area contributed by atoms with Gasteiger partial charge in [-0.1, -0.05) is 11.8 Å². The summed E-state index contributed by atoms with van der Waals surface area (Å²) in [6, 6.07) is 6.02. The quantitative estimate of drug-likeness (QED) is 0.743. The van der Waals surface area contributed by atoms with Crippen molar-refractivity contribution in [1.29, 1.82) is 0 Å². The predicted octanol–water partition coefficient (Wildman–Crippen LogP) is 2.53. The molecule has 0 aliphatic carbocycles. The Balaban J connectivity index is 1.38. The molecule has 1 aromatic heterocycles. The highest BCUT2D eigenvalue weighted by molar-refractivity contribution is 8.16. The number of thiazole rings is 1. The van der Waals surface area contributed by atoms with E-state index in [1.54, 1.807) is 17.5 Å². The summed E-state index contributed by atoms with van der Waals surface area (Å²) < 4.78 is 27.0. The third-order valence-corrected chi connectivity index (χ3v) is 7.02. The largest absolute Gasteiger partial charge is 0.326 e. The molecule has 0 radical (unpaired) electrons. The number of amidine groups is 1. The number of aliphatic imine (C=N–C) groups is 1. The van der Waals surface area contributed by atoms with Gasteiger partial charge in [-0.3, -0.25) is 14.5 Å². The third kappa shape index (κ3) is 3.99. The van der Waals surface area contributed by atoms with Gasteiger partial charge in [0.05, 0.1) is 17.9 Å². The number of aromatic nitrogens is 1. The normalized spacial score (nSPS) is 15.9. The maximum Gasteiger partial charge on any atom is 0.263 e. The number of nitrogens with zero attached hydrogens (tertiary/aromatic N) is 3. The number of hydrogen-bond donors (Lipinski definition) is 2. The molecule has 2 N–H and O–H groups in total. The molecule has 2 aliphatic rings. The van der Waals surface area contributed by atoms with Gasteiger partial charge in [0.2, 0.25) is 5.91 Å². The van der Waals surface area contributed by atoms with Crippen LogP contribution in [0.4, 0.5) is 10.8 Å². The first-order valence-corrected chi connectivity index (χ1v) is 11.3. The fraction of sp³-hybridized carbons (Fsp3) is 0.188. The number of sulfonamides is 1. The van der Waals surface area contributed by atoms with Crippen LogP contribution in [0, 0.1) is 0 Å². The Hall–Kier alpha value is -2.37. The van der Waals surface area contributed by atoms with Gasteiger partial charge in [0.1, 0.15) is 0 Å². The van der Waals surface area contributed by atoms with Crippen LogP contribution in [0.1, 0.15) is 6.42 Å². The first-order valence-electron chi connectivity index (χ1n) is 8.01. The minimum absolute atomic E-state index is 0.100. The van der Waals surface area contributed by atoms with Gasteiger partial charge in [-0.15, -0.1) is 11.3 Å². The smallest absolute Gasteiger partial charge is 0.263 e. The fourth-order valence-electron chi connectivity index (χ4n) is 2.65. The molecular formula is C16H15N5O3S3. The fourth-order valence-corrected chi connectivity index (χ4v) is 5.39. The third-order valence-electron chi connectivity index (χ3n) is 3.89. The highest BCUT2D eigenvalue weighted by Gasteiger charge is 2.27. The number of hydrogen-bond acceptors (Lipinski definition) is 8. The highest BCUT2D eigenvalue weighted by atomic mass is 32.2. The first-order chi connectivity index (χ1) is 13.0. The number of rotatable bonds is 6. The van der Waals surface area contributed by atoms with Crippen LogP contribution in [-0.4, -0.2) is 42.5 Å². The summed E-state index contributed by atoms with van der Waals surface area (Å²) in [4.78, 5) is 22.7. The van der Waals surface area contributed by atoms with E-state index in [9.17, 15) is 13.2 Å². The van der Waals surface area contributed by atoms with E-state index in [4.69, 9.17) is 0 Å². The molecule has 0 unspecified atom stereocenters. The van der Waals surface area contributed by atoms with Gasteiger partial charge in [-0.05, 0) is 29.7 Å². The van der Waals surface area contributed by atoms with Gasteiger partial charge >= 0.3 is 0 Å². The van der Waals surface area contributed by atoms with Crippen molar-refractivity contribution in [3.8, 4) is 0 Å². The number of carbonyl (C=O) groups excluding carboxylic acids is 1. The summed E-state index contributed by atoms with van der Waals surface area (Å²) in [5.41, 5.74) is 1.47. The van der Waals surface area contributed by atoms with Gasteiger partial charge in [-0.25, -0.2) is 13.4 Å². The molecule has 0 fully saturated rings. The van der Waals surface area contributed by atoms with Gasteiger partial charge in [0, 0.05) is 29.5 Å². The van der Waals surface area contributed by atoms with Crippen LogP contribution in [-0.2, 0) is 14.8 Å². The predicted molar refractivity (Wildman–Crippen MR) is 107 cm³/mol. The number of fused-ring (bicyclic) bond motifs is 1. The maximum atomic E-state index is 12.3. The van der Waals surface area contributed by atoms with Crippen molar-refractivity contribution in [3.05, 3.63) is 46.9 Å². The SMILES string of the molecule is O=C(CC1=CSC2=NCCN12)Nc1ccc(S(=O)(=O)Nc2nccs2)cc1. The first kappa shape index (κ1) is 18.0. The summed E-state index contributed by atoms with van der Waals surface area (Å²) in [5, 5.41) is 7.67. The van der Waals surface area contributed by atoms with Crippen LogP contribution in [0.15, 0.2) is 56.8 Å². The second kappa shape index (κ2) is 7.33. The van der Waals surface area contributed by atoms with Crippen LogP contribution in [0.5, 0.6) is 0 Å². The summed E-state index contributed by atoms with van der Waals surface area (Å²) in [5.74, 6) is -0.161. The van der Waals surface area contributed by atoms with E-state index in [1.807, 2.05) is 10.3 Å². The lowest BCUT2D eigenvalue weighted by Gasteiger charge is -2.16. The van der Waals surface area contributed by atoms with Crippen molar-refractivity contribution >= 4 is 55.0 Å². The molecular weight excluding hydrogens is 406 g/mol. The molecule has 0 atom stereocenters. The molecule has 0 bridgehead atoms. The van der Waals surface area contributed by atoms with Crippen molar-refractivity contribution in [3.63, 3.8) is 0 Å². The van der Waals surface area contributed by atoms with Crippen LogP contribution in [0.3, 0.4) is 0 Å². The van der Waals surface area contributed by atoms with Crippen molar-refractivity contribution in [2.75, 3.05) is 23.1 Å². The molecule has 2 aliphatic heterocycles. The molecule has 2 aromatic rings. The topological polar surface area (TPSA) is 104 Å². The number of benzene rings is 1. The molecule has 4 rings (SSSR count). The van der Waals surface area contributed by atoms with E-state index in [0.717, 1.165) is 24.0 Å². The Labute approximate surface area is 164 Å². The number of carbonyl (C=O) groups is 1. The number of thioether (sulfide) groups is 1. The lowest BCUT2D eigenvalue weighted by atomic mass is 10.2. The van der Waals surface area contributed by atoms with E-state index in [-0.39, 0.29) is 17.2 Å². The molecule has 3 heterocycles. The van der Waals surface area contributed by atoms with Gasteiger partial charge < -0.3 is 10.2 Å². The van der Waals surface area contributed by atoms with Crippen LogP contribution in [0.2, 0.25) is 0 Å². The standard InChI is InChI=1S/C16H15N5O3S3/c22-14(9-12-10-26-16-18-5-7-21(12)16)19-11-1-3-13(4-2-11)27(23,24)20-15-17-6-8-25-15/h1-4,6,8,10H,5,7,9H2,(H,17,20)(H,19,22). The van der Waals surface area contributed by atoms with E-state index in [1.165, 1.54) is 41.4 Å². The number of nitrogens with one attached hydrogen (secondary N) is 2.